The monoisotopic (exact) mass is 258 g/mol. The minimum absolute atomic E-state index is 0.234. The van der Waals surface area contributed by atoms with Gasteiger partial charge in [0.05, 0.1) is 6.61 Å². The molecule has 1 saturated heterocycles. The summed E-state index contributed by atoms with van der Waals surface area (Å²) in [7, 11) is 1.79. The first-order valence-corrected chi connectivity index (χ1v) is 7.24. The first kappa shape index (κ1) is 15.9. The number of aliphatic hydroxyl groups excluding tert-OH is 1. The van der Waals surface area contributed by atoms with E-state index >= 15 is 0 Å². The number of likely N-dealkylation sites (tertiary alicyclic amines) is 1. The van der Waals surface area contributed by atoms with Crippen LogP contribution in [0.1, 0.15) is 33.1 Å². The van der Waals surface area contributed by atoms with Gasteiger partial charge in [-0.2, -0.15) is 0 Å². The van der Waals surface area contributed by atoms with E-state index in [-0.39, 0.29) is 12.6 Å². The Kier molecular flexibility index (Phi) is 7.82. The fraction of sp³-hybridized carbons (Fsp3) is 1.00. The molecule has 1 heterocycles. The van der Waals surface area contributed by atoms with Crippen molar-refractivity contribution in [2.75, 3.05) is 40.0 Å². The van der Waals surface area contributed by atoms with Gasteiger partial charge in [0.25, 0.3) is 0 Å². The highest BCUT2D eigenvalue weighted by atomic mass is 16.5. The second kappa shape index (κ2) is 8.86. The maximum Gasteiger partial charge on any atom is 0.0585 e. The van der Waals surface area contributed by atoms with E-state index in [2.05, 4.69) is 24.1 Å². The quantitative estimate of drug-likeness (QED) is 0.684. The summed E-state index contributed by atoms with van der Waals surface area (Å²) in [6, 6.07) is 0.677. The zero-order valence-corrected chi connectivity index (χ0v) is 12.2. The summed E-state index contributed by atoms with van der Waals surface area (Å²) in [5, 5.41) is 12.7. The maximum absolute atomic E-state index is 9.32. The topological polar surface area (TPSA) is 44.7 Å². The summed E-state index contributed by atoms with van der Waals surface area (Å²) in [5.41, 5.74) is 0. The fourth-order valence-corrected chi connectivity index (χ4v) is 2.65. The highest BCUT2D eigenvalue weighted by Gasteiger charge is 2.19. The lowest BCUT2D eigenvalue weighted by Gasteiger charge is -2.32. The van der Waals surface area contributed by atoms with Gasteiger partial charge in [0.15, 0.2) is 0 Å². The molecule has 4 nitrogen and oxygen atoms in total. The zero-order chi connectivity index (χ0) is 13.4. The van der Waals surface area contributed by atoms with Crippen molar-refractivity contribution in [3.63, 3.8) is 0 Å². The van der Waals surface area contributed by atoms with Gasteiger partial charge in [-0.25, -0.2) is 0 Å². The first-order chi connectivity index (χ1) is 8.65. The minimum Gasteiger partial charge on any atom is -0.395 e. The highest BCUT2D eigenvalue weighted by molar-refractivity contribution is 4.75. The lowest BCUT2D eigenvalue weighted by Crippen LogP contribution is -2.42. The SMILES string of the molecule is COCC1CCN(CCC(CO)NC(C)C)CC1. The van der Waals surface area contributed by atoms with E-state index < -0.39 is 0 Å². The van der Waals surface area contributed by atoms with E-state index in [1.54, 1.807) is 7.11 Å². The molecule has 1 fully saturated rings. The second-order valence-electron chi connectivity index (χ2n) is 5.73. The number of nitrogens with zero attached hydrogens (tertiary/aromatic N) is 1. The molecule has 1 rings (SSSR count). The van der Waals surface area contributed by atoms with Gasteiger partial charge in [0, 0.05) is 25.8 Å². The molecule has 2 N–H and O–H groups in total. The number of ether oxygens (including phenoxy) is 1. The van der Waals surface area contributed by atoms with Crippen LogP contribution in [-0.2, 0) is 4.74 Å². The average molecular weight is 258 g/mol. The van der Waals surface area contributed by atoms with Crippen molar-refractivity contribution in [1.29, 1.82) is 0 Å². The fourth-order valence-electron chi connectivity index (χ4n) is 2.65. The van der Waals surface area contributed by atoms with E-state index in [0.717, 1.165) is 25.5 Å². The molecule has 1 aliphatic heterocycles. The number of piperidine rings is 1. The molecule has 4 heteroatoms. The second-order valence-corrected chi connectivity index (χ2v) is 5.73. The number of rotatable bonds is 8. The van der Waals surface area contributed by atoms with Gasteiger partial charge in [0.1, 0.15) is 0 Å². The van der Waals surface area contributed by atoms with Crippen LogP contribution in [0.15, 0.2) is 0 Å². The summed E-state index contributed by atoms with van der Waals surface area (Å²) in [6.07, 6.45) is 3.52. The van der Waals surface area contributed by atoms with E-state index in [0.29, 0.717) is 6.04 Å². The van der Waals surface area contributed by atoms with Crippen molar-refractivity contribution in [3.05, 3.63) is 0 Å². The molecule has 0 spiro atoms. The molecule has 0 aromatic heterocycles. The Bertz CT molecular complexity index is 204. The van der Waals surface area contributed by atoms with Crippen LogP contribution in [-0.4, -0.2) is 62.0 Å². The van der Waals surface area contributed by atoms with Crippen LogP contribution in [0.25, 0.3) is 0 Å². The Hall–Kier alpha value is -0.160. The molecule has 18 heavy (non-hydrogen) atoms. The molecule has 0 aliphatic carbocycles. The molecule has 0 aromatic rings. The van der Waals surface area contributed by atoms with Crippen LogP contribution in [0.4, 0.5) is 0 Å². The van der Waals surface area contributed by atoms with Crippen LogP contribution in [0.2, 0.25) is 0 Å². The minimum atomic E-state index is 0.234. The Balaban J connectivity index is 2.16. The van der Waals surface area contributed by atoms with Gasteiger partial charge in [-0.05, 0) is 44.8 Å². The van der Waals surface area contributed by atoms with Crippen molar-refractivity contribution < 1.29 is 9.84 Å². The van der Waals surface area contributed by atoms with Crippen LogP contribution in [0.5, 0.6) is 0 Å². The molecule has 1 atom stereocenters. The molecule has 1 unspecified atom stereocenters. The summed E-state index contributed by atoms with van der Waals surface area (Å²) < 4.78 is 5.21. The molecule has 0 amide bonds. The van der Waals surface area contributed by atoms with Crippen molar-refractivity contribution in [3.8, 4) is 0 Å². The molecule has 0 saturated carbocycles. The summed E-state index contributed by atoms with van der Waals surface area (Å²) in [4.78, 5) is 2.51. The Labute approximate surface area is 112 Å². The Morgan fingerprint density at radius 1 is 1.33 bits per heavy atom. The average Bonchev–Trinajstić information content (AvgIpc) is 2.36. The molecule has 0 aromatic carbocycles. The lowest BCUT2D eigenvalue weighted by atomic mass is 9.97. The zero-order valence-electron chi connectivity index (χ0n) is 12.2. The third kappa shape index (κ3) is 6.14. The van der Waals surface area contributed by atoms with Crippen LogP contribution >= 0.6 is 0 Å². The predicted octanol–water partition coefficient (Wildman–Crippen LogP) is 1.09. The molecule has 1 aliphatic rings. The van der Waals surface area contributed by atoms with Crippen molar-refractivity contribution in [2.24, 2.45) is 5.92 Å². The predicted molar refractivity (Wildman–Crippen MR) is 74.8 cm³/mol. The Morgan fingerprint density at radius 2 is 2.00 bits per heavy atom. The molecule has 0 bridgehead atoms. The largest absolute Gasteiger partial charge is 0.395 e. The van der Waals surface area contributed by atoms with E-state index in [1.807, 2.05) is 0 Å². The van der Waals surface area contributed by atoms with Crippen LogP contribution < -0.4 is 5.32 Å². The molecular weight excluding hydrogens is 228 g/mol. The molecule has 0 radical (unpaired) electrons. The van der Waals surface area contributed by atoms with Gasteiger partial charge >= 0.3 is 0 Å². The van der Waals surface area contributed by atoms with Crippen molar-refractivity contribution in [1.82, 2.24) is 10.2 Å². The summed E-state index contributed by atoms with van der Waals surface area (Å²) in [5.74, 6) is 0.744. The number of methoxy groups -OCH3 is 1. The van der Waals surface area contributed by atoms with Crippen LogP contribution in [0.3, 0.4) is 0 Å². The van der Waals surface area contributed by atoms with Gasteiger partial charge in [-0.15, -0.1) is 0 Å². The van der Waals surface area contributed by atoms with Gasteiger partial charge in [-0.3, -0.25) is 0 Å². The summed E-state index contributed by atoms with van der Waals surface area (Å²) in [6.45, 7) is 8.82. The van der Waals surface area contributed by atoms with Gasteiger partial charge in [-0.1, -0.05) is 13.8 Å². The number of nitrogens with one attached hydrogen (secondary N) is 1. The van der Waals surface area contributed by atoms with Gasteiger partial charge < -0.3 is 20.1 Å². The first-order valence-electron chi connectivity index (χ1n) is 7.24. The van der Waals surface area contributed by atoms with E-state index in [9.17, 15) is 5.11 Å². The standard InChI is InChI=1S/C14H30N2O2/c1-12(2)15-14(10-17)6-9-16-7-4-13(5-8-16)11-18-3/h12-15,17H,4-11H2,1-3H3. The number of hydrogen-bond donors (Lipinski definition) is 2. The lowest BCUT2D eigenvalue weighted by molar-refractivity contribution is 0.0958. The van der Waals surface area contributed by atoms with Crippen molar-refractivity contribution in [2.45, 2.75) is 45.2 Å². The number of hydrogen-bond acceptors (Lipinski definition) is 4. The highest BCUT2D eigenvalue weighted by Crippen LogP contribution is 2.17. The normalized spacial score (nSPS) is 20.5. The van der Waals surface area contributed by atoms with E-state index in [1.165, 1.54) is 25.9 Å². The van der Waals surface area contributed by atoms with Gasteiger partial charge in [0.2, 0.25) is 0 Å². The third-order valence-corrected chi connectivity index (χ3v) is 3.69. The maximum atomic E-state index is 9.32. The van der Waals surface area contributed by atoms with Crippen molar-refractivity contribution >= 4 is 0 Å². The summed E-state index contributed by atoms with van der Waals surface area (Å²) >= 11 is 0. The Morgan fingerprint density at radius 3 is 2.50 bits per heavy atom. The van der Waals surface area contributed by atoms with E-state index in [4.69, 9.17) is 4.74 Å². The molecular formula is C14H30N2O2. The third-order valence-electron chi connectivity index (χ3n) is 3.69. The van der Waals surface area contributed by atoms with Crippen LogP contribution in [0, 0.1) is 5.92 Å². The number of aliphatic hydroxyl groups is 1. The smallest absolute Gasteiger partial charge is 0.0585 e. The molecule has 108 valence electrons.